The summed E-state index contributed by atoms with van der Waals surface area (Å²) in [5.41, 5.74) is 0. The van der Waals surface area contributed by atoms with Crippen LogP contribution >= 0.6 is 0 Å². The number of aliphatic hydroxyl groups is 2. The van der Waals surface area contributed by atoms with E-state index in [4.69, 9.17) is 14.9 Å². The average Bonchev–Trinajstić information content (AvgIpc) is 2.05. The second-order valence-corrected chi connectivity index (χ2v) is 2.50. The molecule has 5 heteroatoms. The van der Waals surface area contributed by atoms with E-state index in [1.165, 1.54) is 0 Å². The molecule has 1 unspecified atom stereocenters. The zero-order valence-electron chi connectivity index (χ0n) is 8.04. The Kier molecular flexibility index (Phi) is 13.7. The molecule has 3 nitrogen and oxygen atoms in total. The van der Waals surface area contributed by atoms with Crippen LogP contribution in [0.5, 0.6) is 0 Å². The van der Waals surface area contributed by atoms with E-state index in [1.54, 1.807) is 6.92 Å². The van der Waals surface area contributed by atoms with Crippen molar-refractivity contribution in [1.82, 2.24) is 0 Å². The number of aliphatic hydroxyl groups excluding tert-OH is 2. The lowest BCUT2D eigenvalue weighted by molar-refractivity contribution is 0.0466. The highest BCUT2D eigenvalue weighted by Crippen LogP contribution is 1.84. The van der Waals surface area contributed by atoms with Crippen LogP contribution in [-0.4, -0.2) is 42.6 Å². The van der Waals surface area contributed by atoms with Crippen LogP contribution in [0.25, 0.3) is 0 Å². The summed E-state index contributed by atoms with van der Waals surface area (Å²) in [7, 11) is 0. The minimum Gasteiger partial charge on any atom is -0.391 e. The summed E-state index contributed by atoms with van der Waals surface area (Å²) in [6.45, 7) is 3.95. The Bertz CT molecular complexity index is 89.5. The minimum atomic E-state index is -2.56. The first-order valence-corrected chi connectivity index (χ1v) is 4.19. The van der Waals surface area contributed by atoms with Crippen LogP contribution in [-0.2, 0) is 4.74 Å². The van der Waals surface area contributed by atoms with Gasteiger partial charge in [0, 0.05) is 6.61 Å². The number of hydrogen-bond donors (Lipinski definition) is 2. The van der Waals surface area contributed by atoms with Crippen molar-refractivity contribution in [2.24, 2.45) is 0 Å². The van der Waals surface area contributed by atoms with Crippen LogP contribution in [0.2, 0.25) is 0 Å². The molecule has 0 spiro atoms. The third-order valence-corrected chi connectivity index (χ3v) is 0.846. The first-order chi connectivity index (χ1) is 6.04. The van der Waals surface area contributed by atoms with E-state index < -0.39 is 13.0 Å². The maximum absolute atomic E-state index is 10.5. The Morgan fingerprint density at radius 2 is 1.85 bits per heavy atom. The number of halogens is 2. The Labute approximate surface area is 77.3 Å². The molecule has 0 aromatic rings. The van der Waals surface area contributed by atoms with Gasteiger partial charge >= 0.3 is 0 Å². The van der Waals surface area contributed by atoms with E-state index in [9.17, 15) is 8.78 Å². The quantitative estimate of drug-likeness (QED) is 0.652. The molecule has 0 radical (unpaired) electrons. The van der Waals surface area contributed by atoms with Gasteiger partial charge in [-0.3, -0.25) is 0 Å². The highest BCUT2D eigenvalue weighted by molar-refractivity contribution is 4.39. The van der Waals surface area contributed by atoms with Crippen LogP contribution in [0.3, 0.4) is 0 Å². The molecule has 0 rings (SSSR count). The predicted octanol–water partition coefficient (Wildman–Crippen LogP) is 1.04. The van der Waals surface area contributed by atoms with Crippen LogP contribution in [0.15, 0.2) is 0 Å². The second-order valence-electron chi connectivity index (χ2n) is 2.50. The maximum Gasteiger partial charge on any atom is 0.261 e. The number of hydrogen-bond acceptors (Lipinski definition) is 3. The SMILES string of the molecule is CCCOCC(C)O.OCC(F)F. The molecular formula is C8H18F2O3. The van der Waals surface area contributed by atoms with Crippen molar-refractivity contribution in [3.05, 3.63) is 0 Å². The molecule has 0 bridgehead atoms. The lowest BCUT2D eigenvalue weighted by atomic mass is 10.4. The van der Waals surface area contributed by atoms with Gasteiger partial charge in [-0.25, -0.2) is 8.78 Å². The van der Waals surface area contributed by atoms with Crippen LogP contribution in [0.1, 0.15) is 20.3 Å². The van der Waals surface area contributed by atoms with Crippen LogP contribution in [0.4, 0.5) is 8.78 Å². The van der Waals surface area contributed by atoms with Crippen molar-refractivity contribution in [2.75, 3.05) is 19.8 Å². The van der Waals surface area contributed by atoms with Gasteiger partial charge in [0.2, 0.25) is 0 Å². The van der Waals surface area contributed by atoms with Gasteiger partial charge < -0.3 is 14.9 Å². The van der Waals surface area contributed by atoms with E-state index in [1.807, 2.05) is 6.92 Å². The van der Waals surface area contributed by atoms with Crippen molar-refractivity contribution in [3.63, 3.8) is 0 Å². The summed E-state index contributed by atoms with van der Waals surface area (Å²) in [5.74, 6) is 0. The molecule has 0 aromatic carbocycles. The number of alkyl halides is 2. The highest BCUT2D eigenvalue weighted by atomic mass is 19.3. The van der Waals surface area contributed by atoms with E-state index >= 15 is 0 Å². The largest absolute Gasteiger partial charge is 0.391 e. The van der Waals surface area contributed by atoms with Gasteiger partial charge in [-0.15, -0.1) is 0 Å². The van der Waals surface area contributed by atoms with Gasteiger partial charge in [-0.2, -0.15) is 0 Å². The summed E-state index contributed by atoms with van der Waals surface area (Å²) in [4.78, 5) is 0. The highest BCUT2D eigenvalue weighted by Gasteiger charge is 1.93. The number of ether oxygens (including phenoxy) is 1. The maximum atomic E-state index is 10.5. The lowest BCUT2D eigenvalue weighted by Gasteiger charge is -2.02. The summed E-state index contributed by atoms with van der Waals surface area (Å²) in [6.07, 6.45) is -1.86. The van der Waals surface area contributed by atoms with Crippen LogP contribution in [0, 0.1) is 0 Å². The Morgan fingerprint density at radius 1 is 1.38 bits per heavy atom. The molecular weight excluding hydrogens is 182 g/mol. The predicted molar refractivity (Wildman–Crippen MR) is 45.9 cm³/mol. The summed E-state index contributed by atoms with van der Waals surface area (Å²) < 4.78 is 26.0. The first-order valence-electron chi connectivity index (χ1n) is 4.19. The standard InChI is InChI=1S/C6H14O2.C2H4F2O/c1-3-4-8-5-6(2)7;3-2(4)1-5/h6-7H,3-5H2,1-2H3;2,5H,1H2. The van der Waals surface area contributed by atoms with Gasteiger partial charge in [0.05, 0.1) is 12.7 Å². The molecule has 2 N–H and O–H groups in total. The Morgan fingerprint density at radius 3 is 2.08 bits per heavy atom. The molecule has 82 valence electrons. The van der Waals surface area contributed by atoms with Crippen molar-refractivity contribution in [2.45, 2.75) is 32.8 Å². The fourth-order valence-electron chi connectivity index (χ4n) is 0.398. The molecule has 0 amide bonds. The smallest absolute Gasteiger partial charge is 0.261 e. The van der Waals surface area contributed by atoms with E-state index in [2.05, 4.69) is 0 Å². The fourth-order valence-corrected chi connectivity index (χ4v) is 0.398. The van der Waals surface area contributed by atoms with Gasteiger partial charge in [0.15, 0.2) is 0 Å². The monoisotopic (exact) mass is 200 g/mol. The third kappa shape index (κ3) is 24.5. The van der Waals surface area contributed by atoms with E-state index in [-0.39, 0.29) is 6.10 Å². The van der Waals surface area contributed by atoms with Crippen LogP contribution < -0.4 is 0 Å². The molecule has 0 fully saturated rings. The average molecular weight is 200 g/mol. The fraction of sp³-hybridized carbons (Fsp3) is 1.00. The molecule has 0 aliphatic heterocycles. The Hall–Kier alpha value is -0.260. The Balaban J connectivity index is 0. The molecule has 0 aliphatic carbocycles. The third-order valence-electron chi connectivity index (χ3n) is 0.846. The van der Waals surface area contributed by atoms with Gasteiger partial charge in [-0.1, -0.05) is 6.92 Å². The molecule has 0 heterocycles. The van der Waals surface area contributed by atoms with Crippen molar-refractivity contribution in [1.29, 1.82) is 0 Å². The first kappa shape index (κ1) is 15.2. The van der Waals surface area contributed by atoms with E-state index in [0.29, 0.717) is 6.61 Å². The lowest BCUT2D eigenvalue weighted by Crippen LogP contribution is -2.10. The van der Waals surface area contributed by atoms with Crippen molar-refractivity contribution < 1.29 is 23.7 Å². The molecule has 13 heavy (non-hydrogen) atoms. The van der Waals surface area contributed by atoms with Gasteiger partial charge in [-0.05, 0) is 13.3 Å². The number of rotatable bonds is 5. The van der Waals surface area contributed by atoms with Crippen molar-refractivity contribution >= 4 is 0 Å². The molecule has 0 aromatic heterocycles. The molecule has 0 saturated carbocycles. The minimum absolute atomic E-state index is 0.318. The second kappa shape index (κ2) is 11.7. The van der Waals surface area contributed by atoms with Gasteiger partial charge in [0.25, 0.3) is 6.43 Å². The molecule has 1 atom stereocenters. The zero-order chi connectivity index (χ0) is 10.7. The topological polar surface area (TPSA) is 49.7 Å². The summed E-state index contributed by atoms with van der Waals surface area (Å²) in [6, 6.07) is 0. The van der Waals surface area contributed by atoms with E-state index in [0.717, 1.165) is 13.0 Å². The zero-order valence-corrected chi connectivity index (χ0v) is 8.04. The summed E-state index contributed by atoms with van der Waals surface area (Å²) in [5, 5.41) is 16.0. The summed E-state index contributed by atoms with van der Waals surface area (Å²) >= 11 is 0. The normalized spacial score (nSPS) is 12.2. The van der Waals surface area contributed by atoms with Crippen molar-refractivity contribution in [3.8, 4) is 0 Å². The van der Waals surface area contributed by atoms with Gasteiger partial charge in [0.1, 0.15) is 6.61 Å². The molecule has 0 aliphatic rings. The molecule has 0 saturated heterocycles.